The van der Waals surface area contributed by atoms with E-state index in [2.05, 4.69) is 26.2 Å². The summed E-state index contributed by atoms with van der Waals surface area (Å²) in [5.41, 5.74) is 3.11. The average molecular weight is 424 g/mol. The third-order valence-electron chi connectivity index (χ3n) is 3.99. The molecule has 6 heteroatoms. The van der Waals surface area contributed by atoms with Crippen molar-refractivity contribution in [1.29, 1.82) is 0 Å². The molecule has 3 heterocycles. The Kier molecular flexibility index (Phi) is 4.77. The first-order valence-corrected chi connectivity index (χ1v) is 9.64. The van der Waals surface area contributed by atoms with E-state index < -0.39 is 0 Å². The van der Waals surface area contributed by atoms with Crippen molar-refractivity contribution in [1.82, 2.24) is 15.3 Å². The van der Waals surface area contributed by atoms with Gasteiger partial charge in [0.05, 0.1) is 27.1 Å². The molecule has 1 amide bonds. The van der Waals surface area contributed by atoms with Crippen molar-refractivity contribution < 1.29 is 4.79 Å². The van der Waals surface area contributed by atoms with Crippen LogP contribution in [0.1, 0.15) is 15.2 Å². The zero-order chi connectivity index (χ0) is 17.9. The van der Waals surface area contributed by atoms with Crippen molar-refractivity contribution in [3.8, 4) is 11.3 Å². The fourth-order valence-electron chi connectivity index (χ4n) is 2.74. The molecule has 0 aliphatic carbocycles. The molecule has 0 saturated heterocycles. The minimum Gasteiger partial charge on any atom is -0.347 e. The Balaban J connectivity index is 1.71. The van der Waals surface area contributed by atoms with E-state index in [1.54, 1.807) is 23.7 Å². The lowest BCUT2D eigenvalue weighted by molar-refractivity contribution is 0.0953. The molecule has 26 heavy (non-hydrogen) atoms. The minimum atomic E-state index is -0.108. The van der Waals surface area contributed by atoms with Crippen LogP contribution in [0.3, 0.4) is 0 Å². The Morgan fingerprint density at radius 3 is 2.65 bits per heavy atom. The smallest absolute Gasteiger partial charge is 0.252 e. The second kappa shape index (κ2) is 7.35. The van der Waals surface area contributed by atoms with Crippen LogP contribution in [0, 0.1) is 0 Å². The highest BCUT2D eigenvalue weighted by molar-refractivity contribution is 9.11. The summed E-state index contributed by atoms with van der Waals surface area (Å²) in [5, 5.41) is 3.85. The van der Waals surface area contributed by atoms with Gasteiger partial charge in [0.2, 0.25) is 0 Å². The highest BCUT2D eigenvalue weighted by atomic mass is 79.9. The molecule has 0 aliphatic rings. The second-order valence-corrected chi connectivity index (χ2v) is 8.24. The molecular weight excluding hydrogens is 410 g/mol. The van der Waals surface area contributed by atoms with E-state index in [1.165, 1.54) is 0 Å². The van der Waals surface area contributed by atoms with Gasteiger partial charge in [0.15, 0.2) is 0 Å². The van der Waals surface area contributed by atoms with Crippen LogP contribution in [0.4, 0.5) is 0 Å². The van der Waals surface area contributed by atoms with Gasteiger partial charge in [-0.3, -0.25) is 9.78 Å². The maximum Gasteiger partial charge on any atom is 0.252 e. The van der Waals surface area contributed by atoms with E-state index in [0.29, 0.717) is 12.1 Å². The number of hydrogen-bond donors (Lipinski definition) is 1. The maximum absolute atomic E-state index is 12.9. The van der Waals surface area contributed by atoms with Crippen LogP contribution >= 0.6 is 27.3 Å². The fourth-order valence-corrected chi connectivity index (χ4v) is 4.17. The first kappa shape index (κ1) is 16.9. The van der Waals surface area contributed by atoms with Gasteiger partial charge in [0.25, 0.3) is 5.91 Å². The first-order chi connectivity index (χ1) is 12.7. The molecule has 0 atom stereocenters. The Morgan fingerprint density at radius 1 is 1.08 bits per heavy atom. The van der Waals surface area contributed by atoms with Crippen LogP contribution in [-0.2, 0) is 6.54 Å². The number of carbonyl (C=O) groups excluding carboxylic acids is 1. The van der Waals surface area contributed by atoms with Gasteiger partial charge >= 0.3 is 0 Å². The second-order valence-electron chi connectivity index (χ2n) is 5.70. The number of para-hydroxylation sites is 1. The number of nitrogens with zero attached hydrogens (tertiary/aromatic N) is 2. The van der Waals surface area contributed by atoms with Crippen molar-refractivity contribution in [2.45, 2.75) is 6.54 Å². The van der Waals surface area contributed by atoms with Gasteiger partial charge in [0.1, 0.15) is 0 Å². The van der Waals surface area contributed by atoms with Crippen molar-refractivity contribution in [3.05, 3.63) is 81.2 Å². The maximum atomic E-state index is 12.9. The third-order valence-corrected chi connectivity index (χ3v) is 5.61. The number of benzene rings is 1. The summed E-state index contributed by atoms with van der Waals surface area (Å²) in [6, 6.07) is 17.3. The molecule has 4 nitrogen and oxygen atoms in total. The lowest BCUT2D eigenvalue weighted by Gasteiger charge is -2.10. The van der Waals surface area contributed by atoms with Crippen LogP contribution in [-0.4, -0.2) is 15.9 Å². The number of rotatable bonds is 4. The number of fused-ring (bicyclic) bond motifs is 1. The van der Waals surface area contributed by atoms with Crippen LogP contribution in [0.25, 0.3) is 22.2 Å². The van der Waals surface area contributed by atoms with E-state index in [-0.39, 0.29) is 5.91 Å². The predicted octanol–water partition coefficient (Wildman–Crippen LogP) is 5.05. The molecular formula is C20H14BrN3OS. The van der Waals surface area contributed by atoms with E-state index in [0.717, 1.165) is 30.8 Å². The number of halogens is 1. The summed E-state index contributed by atoms with van der Waals surface area (Å²) < 4.78 is 1.05. The highest BCUT2D eigenvalue weighted by Gasteiger charge is 2.14. The molecule has 1 aromatic carbocycles. The largest absolute Gasteiger partial charge is 0.347 e. The van der Waals surface area contributed by atoms with Crippen LogP contribution < -0.4 is 5.32 Å². The van der Waals surface area contributed by atoms with Crippen molar-refractivity contribution in [3.63, 3.8) is 0 Å². The van der Waals surface area contributed by atoms with Gasteiger partial charge in [-0.25, -0.2) is 4.98 Å². The normalized spacial score (nSPS) is 10.8. The van der Waals surface area contributed by atoms with Gasteiger partial charge in [-0.05, 0) is 52.3 Å². The molecule has 1 N–H and O–H groups in total. The lowest BCUT2D eigenvalue weighted by atomic mass is 10.0. The average Bonchev–Trinajstić information content (AvgIpc) is 3.11. The van der Waals surface area contributed by atoms with Gasteiger partial charge in [0, 0.05) is 28.2 Å². The molecule has 3 aromatic heterocycles. The molecule has 0 radical (unpaired) electrons. The summed E-state index contributed by atoms with van der Waals surface area (Å²) in [7, 11) is 0. The summed E-state index contributed by atoms with van der Waals surface area (Å²) in [5.74, 6) is -0.108. The van der Waals surface area contributed by atoms with E-state index in [4.69, 9.17) is 4.98 Å². The van der Waals surface area contributed by atoms with Crippen LogP contribution in [0.2, 0.25) is 0 Å². The Hall–Kier alpha value is -2.57. The fraction of sp³-hybridized carbons (Fsp3) is 0.0500. The molecule has 0 aliphatic heterocycles. The number of carbonyl (C=O) groups is 1. The SMILES string of the molecule is O=C(NCc1ccc(Br)s1)c1cc(-c2ccncc2)nc2ccccc12. The summed E-state index contributed by atoms with van der Waals surface area (Å²) in [6.45, 7) is 0.496. The standard InChI is InChI=1S/C20H14BrN3OS/c21-19-6-5-14(26-19)12-23-20(25)16-11-18(13-7-9-22-10-8-13)24-17-4-2-1-3-15(16)17/h1-11H,12H2,(H,23,25). The zero-order valence-electron chi connectivity index (χ0n) is 13.6. The summed E-state index contributed by atoms with van der Waals surface area (Å²) >= 11 is 5.06. The number of hydrogen-bond acceptors (Lipinski definition) is 4. The first-order valence-electron chi connectivity index (χ1n) is 8.03. The monoisotopic (exact) mass is 423 g/mol. The topological polar surface area (TPSA) is 54.9 Å². The highest BCUT2D eigenvalue weighted by Crippen LogP contribution is 2.25. The van der Waals surface area contributed by atoms with E-state index in [1.807, 2.05) is 54.6 Å². The zero-order valence-corrected chi connectivity index (χ0v) is 16.0. The number of aromatic nitrogens is 2. The number of thiophene rings is 1. The number of amides is 1. The van der Waals surface area contributed by atoms with E-state index in [9.17, 15) is 4.79 Å². The molecule has 0 saturated carbocycles. The molecule has 0 bridgehead atoms. The van der Waals surface area contributed by atoms with Gasteiger partial charge in [-0.2, -0.15) is 0 Å². The molecule has 4 rings (SSSR count). The Bertz CT molecular complexity index is 1080. The number of nitrogens with one attached hydrogen (secondary N) is 1. The number of pyridine rings is 2. The van der Waals surface area contributed by atoms with Crippen molar-refractivity contribution >= 4 is 44.1 Å². The van der Waals surface area contributed by atoms with Crippen LogP contribution in [0.15, 0.2) is 70.8 Å². The van der Waals surface area contributed by atoms with Crippen molar-refractivity contribution in [2.75, 3.05) is 0 Å². The van der Waals surface area contributed by atoms with Gasteiger partial charge in [-0.1, -0.05) is 18.2 Å². The quantitative estimate of drug-likeness (QED) is 0.499. The van der Waals surface area contributed by atoms with Gasteiger partial charge < -0.3 is 5.32 Å². The third kappa shape index (κ3) is 3.52. The van der Waals surface area contributed by atoms with E-state index >= 15 is 0 Å². The minimum absolute atomic E-state index is 0.108. The Labute approximate surface area is 163 Å². The molecule has 128 valence electrons. The molecule has 4 aromatic rings. The molecule has 0 spiro atoms. The predicted molar refractivity (Wildman–Crippen MR) is 108 cm³/mol. The molecule has 0 fully saturated rings. The Morgan fingerprint density at radius 2 is 1.88 bits per heavy atom. The van der Waals surface area contributed by atoms with Crippen LogP contribution in [0.5, 0.6) is 0 Å². The summed E-state index contributed by atoms with van der Waals surface area (Å²) in [4.78, 5) is 22.7. The van der Waals surface area contributed by atoms with Crippen molar-refractivity contribution in [2.24, 2.45) is 0 Å². The van der Waals surface area contributed by atoms with Gasteiger partial charge in [-0.15, -0.1) is 11.3 Å². The molecule has 0 unspecified atom stereocenters. The summed E-state index contributed by atoms with van der Waals surface area (Å²) in [6.07, 6.45) is 3.45. The lowest BCUT2D eigenvalue weighted by Crippen LogP contribution is -2.22.